The van der Waals surface area contributed by atoms with Crippen LogP contribution < -0.4 is 9.47 Å². The van der Waals surface area contributed by atoms with Gasteiger partial charge in [-0.05, 0) is 24.6 Å². The van der Waals surface area contributed by atoms with Gasteiger partial charge in [-0.15, -0.1) is 0 Å². The Labute approximate surface area is 120 Å². The fraction of sp³-hybridized carbons (Fsp3) is 0.143. The van der Waals surface area contributed by atoms with Crippen molar-refractivity contribution < 1.29 is 14.4 Å². The topological polar surface area (TPSA) is 98.3 Å². The van der Waals surface area contributed by atoms with Gasteiger partial charge in [0.25, 0.3) is 5.69 Å². The molecule has 1 aromatic heterocycles. The Morgan fingerprint density at radius 3 is 2.71 bits per heavy atom. The van der Waals surface area contributed by atoms with Crippen molar-refractivity contribution in [2.45, 2.75) is 6.92 Å². The first-order chi connectivity index (χ1) is 10.1. The van der Waals surface area contributed by atoms with Crippen LogP contribution in [0.15, 0.2) is 30.5 Å². The number of nitro benzene ring substituents is 1. The monoisotopic (exact) mass is 285 g/mol. The number of pyridine rings is 1. The highest BCUT2D eigenvalue weighted by Gasteiger charge is 2.15. The van der Waals surface area contributed by atoms with E-state index < -0.39 is 4.92 Å². The molecule has 0 radical (unpaired) electrons. The summed E-state index contributed by atoms with van der Waals surface area (Å²) in [4.78, 5) is 14.2. The number of hydrogen-bond donors (Lipinski definition) is 0. The van der Waals surface area contributed by atoms with E-state index in [1.54, 1.807) is 13.0 Å². The molecule has 0 amide bonds. The second-order valence-corrected chi connectivity index (χ2v) is 4.11. The molecule has 0 saturated heterocycles. The SMILES string of the molecule is COc1cc([N+](=O)[O-])ccc1Oc1nccc(C)c1C#N. The van der Waals surface area contributed by atoms with Gasteiger partial charge in [0.2, 0.25) is 5.88 Å². The van der Waals surface area contributed by atoms with Crippen LogP contribution in [0.2, 0.25) is 0 Å². The van der Waals surface area contributed by atoms with Crippen molar-refractivity contribution in [2.24, 2.45) is 0 Å². The second kappa shape index (κ2) is 5.88. The quantitative estimate of drug-likeness (QED) is 0.632. The van der Waals surface area contributed by atoms with Gasteiger partial charge < -0.3 is 9.47 Å². The highest BCUT2D eigenvalue weighted by atomic mass is 16.6. The number of methoxy groups -OCH3 is 1. The van der Waals surface area contributed by atoms with Crippen LogP contribution in [0, 0.1) is 28.4 Å². The van der Waals surface area contributed by atoms with Gasteiger partial charge in [-0.2, -0.15) is 5.26 Å². The number of aryl methyl sites for hydroxylation is 1. The number of non-ortho nitro benzene ring substituents is 1. The van der Waals surface area contributed by atoms with Gasteiger partial charge in [0.15, 0.2) is 11.5 Å². The summed E-state index contributed by atoms with van der Waals surface area (Å²) in [5.74, 6) is 0.568. The summed E-state index contributed by atoms with van der Waals surface area (Å²) < 4.78 is 10.6. The number of ether oxygens (including phenoxy) is 2. The van der Waals surface area contributed by atoms with Gasteiger partial charge in [-0.1, -0.05) is 0 Å². The highest BCUT2D eigenvalue weighted by molar-refractivity contribution is 5.52. The fourth-order valence-electron chi connectivity index (χ4n) is 1.71. The molecular formula is C14H11N3O4. The number of nitrogens with zero attached hydrogens (tertiary/aromatic N) is 3. The number of benzene rings is 1. The van der Waals surface area contributed by atoms with Crippen LogP contribution in [0.4, 0.5) is 5.69 Å². The molecule has 106 valence electrons. The van der Waals surface area contributed by atoms with Crippen LogP contribution in [-0.2, 0) is 0 Å². The van der Waals surface area contributed by atoms with E-state index in [0.717, 1.165) is 5.56 Å². The van der Waals surface area contributed by atoms with Gasteiger partial charge in [0.1, 0.15) is 11.6 Å². The maximum atomic E-state index is 10.7. The van der Waals surface area contributed by atoms with Crippen LogP contribution in [0.25, 0.3) is 0 Å². The Morgan fingerprint density at radius 2 is 2.10 bits per heavy atom. The molecular weight excluding hydrogens is 274 g/mol. The van der Waals surface area contributed by atoms with Crippen molar-refractivity contribution in [2.75, 3.05) is 7.11 Å². The Morgan fingerprint density at radius 1 is 1.33 bits per heavy atom. The van der Waals surface area contributed by atoms with Gasteiger partial charge in [-0.3, -0.25) is 10.1 Å². The van der Waals surface area contributed by atoms with Gasteiger partial charge in [0.05, 0.1) is 18.1 Å². The third kappa shape index (κ3) is 2.90. The predicted octanol–water partition coefficient (Wildman–Crippen LogP) is 2.97. The van der Waals surface area contributed by atoms with Gasteiger partial charge in [0, 0.05) is 12.3 Å². The second-order valence-electron chi connectivity index (χ2n) is 4.11. The molecule has 7 nitrogen and oxygen atoms in total. The average Bonchev–Trinajstić information content (AvgIpc) is 2.47. The maximum Gasteiger partial charge on any atom is 0.273 e. The van der Waals surface area contributed by atoms with E-state index >= 15 is 0 Å². The van der Waals surface area contributed by atoms with E-state index in [2.05, 4.69) is 4.98 Å². The minimum atomic E-state index is -0.530. The summed E-state index contributed by atoms with van der Waals surface area (Å²) in [5.41, 5.74) is 0.915. The molecule has 0 N–H and O–H groups in total. The zero-order chi connectivity index (χ0) is 15.4. The molecule has 7 heteroatoms. The van der Waals surface area contributed by atoms with Crippen molar-refractivity contribution in [1.29, 1.82) is 5.26 Å². The third-order valence-corrected chi connectivity index (χ3v) is 2.80. The number of nitriles is 1. The third-order valence-electron chi connectivity index (χ3n) is 2.80. The molecule has 2 aromatic rings. The standard InChI is InChI=1S/C14H11N3O4/c1-9-5-6-16-14(11(9)8-15)21-12-4-3-10(17(18)19)7-13(12)20-2/h3-7H,1-2H3. The number of rotatable bonds is 4. The molecule has 0 spiro atoms. The van der Waals surface area contributed by atoms with E-state index in [0.29, 0.717) is 5.56 Å². The van der Waals surface area contributed by atoms with Crippen LogP contribution in [0.3, 0.4) is 0 Å². The summed E-state index contributed by atoms with van der Waals surface area (Å²) in [5, 5.41) is 19.9. The molecule has 21 heavy (non-hydrogen) atoms. The summed E-state index contributed by atoms with van der Waals surface area (Å²) >= 11 is 0. The Hall–Kier alpha value is -3.14. The van der Waals surface area contributed by atoms with E-state index in [-0.39, 0.29) is 23.1 Å². The molecule has 2 rings (SSSR count). The Balaban J connectivity index is 2.43. The lowest BCUT2D eigenvalue weighted by molar-refractivity contribution is -0.384. The lowest BCUT2D eigenvalue weighted by Crippen LogP contribution is -1.97. The first kappa shape index (κ1) is 14.3. The first-order valence-electron chi connectivity index (χ1n) is 5.92. The molecule has 0 unspecified atom stereocenters. The zero-order valence-electron chi connectivity index (χ0n) is 11.4. The van der Waals surface area contributed by atoms with Crippen molar-refractivity contribution in [3.63, 3.8) is 0 Å². The largest absolute Gasteiger partial charge is 0.493 e. The van der Waals surface area contributed by atoms with Crippen LogP contribution >= 0.6 is 0 Å². The Bertz CT molecular complexity index is 737. The van der Waals surface area contributed by atoms with Crippen LogP contribution in [-0.4, -0.2) is 17.0 Å². The van der Waals surface area contributed by atoms with E-state index in [1.165, 1.54) is 31.5 Å². The van der Waals surface area contributed by atoms with Crippen LogP contribution in [0.1, 0.15) is 11.1 Å². The van der Waals surface area contributed by atoms with Crippen molar-refractivity contribution in [3.8, 4) is 23.4 Å². The summed E-state index contributed by atoms with van der Waals surface area (Å²) in [6, 6.07) is 7.65. The highest BCUT2D eigenvalue weighted by Crippen LogP contribution is 2.35. The minimum absolute atomic E-state index is 0.114. The first-order valence-corrected chi connectivity index (χ1v) is 5.92. The number of hydrogen-bond acceptors (Lipinski definition) is 6. The minimum Gasteiger partial charge on any atom is -0.493 e. The van der Waals surface area contributed by atoms with Crippen molar-refractivity contribution in [1.82, 2.24) is 4.98 Å². The smallest absolute Gasteiger partial charge is 0.273 e. The number of nitro groups is 1. The molecule has 1 heterocycles. The summed E-state index contributed by atoms with van der Waals surface area (Å²) in [6.45, 7) is 1.76. The summed E-state index contributed by atoms with van der Waals surface area (Å²) in [7, 11) is 1.38. The van der Waals surface area contributed by atoms with E-state index in [9.17, 15) is 10.1 Å². The number of aromatic nitrogens is 1. The van der Waals surface area contributed by atoms with E-state index in [4.69, 9.17) is 14.7 Å². The predicted molar refractivity (Wildman–Crippen MR) is 73.4 cm³/mol. The lowest BCUT2D eigenvalue weighted by atomic mass is 10.2. The van der Waals surface area contributed by atoms with Gasteiger partial charge in [-0.25, -0.2) is 4.98 Å². The molecule has 0 aliphatic carbocycles. The molecule has 0 aliphatic rings. The Kier molecular flexibility index (Phi) is 4.00. The molecule has 0 saturated carbocycles. The van der Waals surface area contributed by atoms with Crippen molar-refractivity contribution in [3.05, 3.63) is 51.7 Å². The summed E-state index contributed by atoms with van der Waals surface area (Å²) in [6.07, 6.45) is 1.52. The molecule has 1 aromatic carbocycles. The van der Waals surface area contributed by atoms with Crippen molar-refractivity contribution >= 4 is 5.69 Å². The normalized spacial score (nSPS) is 9.76. The molecule has 0 aliphatic heterocycles. The van der Waals surface area contributed by atoms with Gasteiger partial charge >= 0.3 is 0 Å². The lowest BCUT2D eigenvalue weighted by Gasteiger charge is -2.10. The average molecular weight is 285 g/mol. The van der Waals surface area contributed by atoms with Crippen LogP contribution in [0.5, 0.6) is 17.4 Å². The van der Waals surface area contributed by atoms with E-state index in [1.807, 2.05) is 6.07 Å². The molecule has 0 fully saturated rings. The zero-order valence-corrected chi connectivity index (χ0v) is 11.4. The maximum absolute atomic E-state index is 10.7. The fourth-order valence-corrected chi connectivity index (χ4v) is 1.71. The molecule has 0 atom stereocenters. The molecule has 0 bridgehead atoms.